The van der Waals surface area contributed by atoms with Crippen LogP contribution in [0.25, 0.3) is 11.0 Å². The molecule has 0 aliphatic heterocycles. The summed E-state index contributed by atoms with van der Waals surface area (Å²) in [6.07, 6.45) is 0. The molecule has 3 aromatic rings. The summed E-state index contributed by atoms with van der Waals surface area (Å²) in [5.41, 5.74) is 2.85. The summed E-state index contributed by atoms with van der Waals surface area (Å²) in [6.45, 7) is 2.62. The second kappa shape index (κ2) is 5.87. The van der Waals surface area contributed by atoms with Crippen molar-refractivity contribution in [3.63, 3.8) is 0 Å². The Hall–Kier alpha value is -1.85. The van der Waals surface area contributed by atoms with Gasteiger partial charge in [-0.2, -0.15) is 0 Å². The number of aromatic hydroxyl groups is 1. The summed E-state index contributed by atoms with van der Waals surface area (Å²) in [6, 6.07) is 13.7. The van der Waals surface area contributed by atoms with E-state index < -0.39 is 0 Å². The van der Waals surface area contributed by atoms with Crippen LogP contribution in [0.5, 0.6) is 5.75 Å². The number of para-hydroxylation sites is 3. The van der Waals surface area contributed by atoms with Crippen LogP contribution in [0.4, 0.5) is 0 Å². The molecule has 0 bridgehead atoms. The number of phenols is 1. The summed E-state index contributed by atoms with van der Waals surface area (Å²) in [7, 11) is 0. The predicted molar refractivity (Wildman–Crippen MR) is 87.2 cm³/mol. The molecule has 3 N–H and O–H groups in total. The van der Waals surface area contributed by atoms with Crippen LogP contribution in [-0.4, -0.2) is 15.1 Å². The zero-order chi connectivity index (χ0) is 14.8. The lowest BCUT2D eigenvalue weighted by Gasteiger charge is -2.12. The summed E-state index contributed by atoms with van der Waals surface area (Å²) >= 11 is 3.32. The molecule has 0 aliphatic carbocycles. The van der Waals surface area contributed by atoms with Gasteiger partial charge in [-0.1, -0.05) is 24.3 Å². The minimum Gasteiger partial charge on any atom is -0.506 e. The Kier molecular flexibility index (Phi) is 3.94. The zero-order valence-electron chi connectivity index (χ0n) is 11.6. The van der Waals surface area contributed by atoms with Gasteiger partial charge in [0.15, 0.2) is 0 Å². The molecule has 2 aromatic carbocycles. The number of rotatable bonds is 4. The number of H-pyrrole nitrogens is 1. The first-order valence-electron chi connectivity index (χ1n) is 6.79. The van der Waals surface area contributed by atoms with Gasteiger partial charge in [0.2, 0.25) is 0 Å². The number of nitrogens with one attached hydrogen (secondary N) is 2. The highest BCUT2D eigenvalue weighted by Gasteiger charge is 2.11. The molecule has 0 saturated heterocycles. The van der Waals surface area contributed by atoms with E-state index in [-0.39, 0.29) is 11.8 Å². The van der Waals surface area contributed by atoms with E-state index in [1.54, 1.807) is 0 Å². The van der Waals surface area contributed by atoms with Crippen molar-refractivity contribution in [2.75, 3.05) is 0 Å². The van der Waals surface area contributed by atoms with Crippen LogP contribution in [0, 0.1) is 0 Å². The van der Waals surface area contributed by atoms with Crippen LogP contribution in [-0.2, 0) is 6.54 Å². The Labute approximate surface area is 131 Å². The highest BCUT2D eigenvalue weighted by Crippen LogP contribution is 2.27. The van der Waals surface area contributed by atoms with Crippen LogP contribution in [0.2, 0.25) is 0 Å². The lowest BCUT2D eigenvalue weighted by Crippen LogP contribution is -2.19. The molecule has 1 aromatic heterocycles. The molecule has 1 heterocycles. The van der Waals surface area contributed by atoms with Gasteiger partial charge in [0, 0.05) is 12.1 Å². The quantitative estimate of drug-likeness (QED) is 0.672. The molecule has 0 aliphatic rings. The average molecular weight is 346 g/mol. The third-order valence-electron chi connectivity index (χ3n) is 3.49. The molecule has 1 atom stereocenters. The molecule has 0 saturated carbocycles. The van der Waals surface area contributed by atoms with E-state index in [1.807, 2.05) is 49.4 Å². The molecule has 0 radical (unpaired) electrons. The molecule has 4 nitrogen and oxygen atoms in total. The van der Waals surface area contributed by atoms with Gasteiger partial charge in [-0.25, -0.2) is 4.98 Å². The number of aromatic nitrogens is 2. The Morgan fingerprint density at radius 2 is 2.05 bits per heavy atom. The molecule has 21 heavy (non-hydrogen) atoms. The molecule has 3 rings (SSSR count). The Morgan fingerprint density at radius 3 is 2.86 bits per heavy atom. The number of hydrogen-bond donors (Lipinski definition) is 3. The van der Waals surface area contributed by atoms with Gasteiger partial charge >= 0.3 is 0 Å². The summed E-state index contributed by atoms with van der Waals surface area (Å²) in [4.78, 5) is 7.89. The number of imidazole rings is 1. The minimum absolute atomic E-state index is 0.0655. The van der Waals surface area contributed by atoms with Gasteiger partial charge in [0.1, 0.15) is 11.6 Å². The van der Waals surface area contributed by atoms with Crippen LogP contribution >= 0.6 is 15.9 Å². The van der Waals surface area contributed by atoms with Gasteiger partial charge in [-0.05, 0) is 41.1 Å². The lowest BCUT2D eigenvalue weighted by molar-refractivity contribution is 0.455. The SMILES string of the molecule is CC(NCc1cccc(Br)c1O)c1nc2ccccc2[nH]1. The Balaban J connectivity index is 1.74. The first-order valence-corrected chi connectivity index (χ1v) is 7.59. The van der Waals surface area contributed by atoms with Crippen molar-refractivity contribution < 1.29 is 5.11 Å². The maximum absolute atomic E-state index is 9.99. The topological polar surface area (TPSA) is 60.9 Å². The zero-order valence-corrected chi connectivity index (χ0v) is 13.2. The van der Waals surface area contributed by atoms with E-state index in [0.717, 1.165) is 22.4 Å². The van der Waals surface area contributed by atoms with Crippen molar-refractivity contribution in [2.45, 2.75) is 19.5 Å². The molecule has 0 amide bonds. The van der Waals surface area contributed by atoms with Crippen molar-refractivity contribution in [3.05, 3.63) is 58.3 Å². The first-order chi connectivity index (χ1) is 10.1. The van der Waals surface area contributed by atoms with Crippen molar-refractivity contribution >= 4 is 27.0 Å². The minimum atomic E-state index is 0.0655. The van der Waals surface area contributed by atoms with Crippen LogP contribution in [0.15, 0.2) is 46.9 Å². The number of nitrogens with zero attached hydrogens (tertiary/aromatic N) is 1. The highest BCUT2D eigenvalue weighted by molar-refractivity contribution is 9.10. The van der Waals surface area contributed by atoms with Crippen molar-refractivity contribution in [3.8, 4) is 5.75 Å². The van der Waals surface area contributed by atoms with Gasteiger partial charge in [-0.15, -0.1) is 0 Å². The number of hydrogen-bond acceptors (Lipinski definition) is 3. The second-order valence-corrected chi connectivity index (χ2v) is 5.84. The largest absolute Gasteiger partial charge is 0.506 e. The van der Waals surface area contributed by atoms with Gasteiger partial charge < -0.3 is 15.4 Å². The number of aromatic amines is 1. The normalized spacial score (nSPS) is 12.7. The van der Waals surface area contributed by atoms with Gasteiger partial charge in [0.05, 0.1) is 21.5 Å². The molecular weight excluding hydrogens is 330 g/mol. The van der Waals surface area contributed by atoms with Crippen molar-refractivity contribution in [1.29, 1.82) is 0 Å². The van der Waals surface area contributed by atoms with E-state index in [1.165, 1.54) is 0 Å². The molecule has 108 valence electrons. The summed E-state index contributed by atoms with van der Waals surface area (Å²) < 4.78 is 0.707. The summed E-state index contributed by atoms with van der Waals surface area (Å²) in [5.74, 6) is 1.17. The molecule has 5 heteroatoms. The summed E-state index contributed by atoms with van der Waals surface area (Å²) in [5, 5.41) is 13.4. The molecule has 0 fully saturated rings. The molecular formula is C16H16BrN3O. The second-order valence-electron chi connectivity index (χ2n) is 4.99. The van der Waals surface area contributed by atoms with Gasteiger partial charge in [0.25, 0.3) is 0 Å². The lowest BCUT2D eigenvalue weighted by atomic mass is 10.2. The van der Waals surface area contributed by atoms with E-state index in [4.69, 9.17) is 0 Å². The van der Waals surface area contributed by atoms with Crippen LogP contribution < -0.4 is 5.32 Å². The fourth-order valence-corrected chi connectivity index (χ4v) is 2.65. The molecule has 1 unspecified atom stereocenters. The monoisotopic (exact) mass is 345 g/mol. The third-order valence-corrected chi connectivity index (χ3v) is 4.13. The number of halogens is 1. The fourth-order valence-electron chi connectivity index (χ4n) is 2.24. The van der Waals surface area contributed by atoms with E-state index in [0.29, 0.717) is 11.0 Å². The number of benzene rings is 2. The van der Waals surface area contributed by atoms with Gasteiger partial charge in [-0.3, -0.25) is 0 Å². The Morgan fingerprint density at radius 1 is 1.24 bits per heavy atom. The predicted octanol–water partition coefficient (Wildman–Crippen LogP) is 3.88. The van der Waals surface area contributed by atoms with Crippen molar-refractivity contribution in [2.24, 2.45) is 0 Å². The average Bonchev–Trinajstić information content (AvgIpc) is 2.92. The standard InChI is InChI=1S/C16H16BrN3O/c1-10(16-19-13-7-2-3-8-14(13)20-16)18-9-11-5-4-6-12(17)15(11)21/h2-8,10,18,21H,9H2,1H3,(H,19,20). The third kappa shape index (κ3) is 2.94. The van der Waals surface area contributed by atoms with E-state index >= 15 is 0 Å². The smallest absolute Gasteiger partial charge is 0.134 e. The fraction of sp³-hybridized carbons (Fsp3) is 0.188. The van der Waals surface area contributed by atoms with E-state index in [2.05, 4.69) is 31.2 Å². The Bertz CT molecular complexity index is 736. The van der Waals surface area contributed by atoms with Crippen LogP contribution in [0.3, 0.4) is 0 Å². The van der Waals surface area contributed by atoms with Crippen molar-refractivity contribution in [1.82, 2.24) is 15.3 Å². The maximum Gasteiger partial charge on any atom is 0.134 e. The van der Waals surface area contributed by atoms with Crippen LogP contribution in [0.1, 0.15) is 24.4 Å². The van der Waals surface area contributed by atoms with E-state index in [9.17, 15) is 5.11 Å². The number of fused-ring (bicyclic) bond motifs is 1. The molecule has 0 spiro atoms. The highest BCUT2D eigenvalue weighted by atomic mass is 79.9. The number of phenolic OH excluding ortho intramolecular Hbond substituents is 1. The first kappa shape index (κ1) is 14.1. The maximum atomic E-state index is 9.99.